The van der Waals surface area contributed by atoms with Crippen molar-refractivity contribution in [3.63, 3.8) is 0 Å². The molecule has 0 saturated heterocycles. The molecule has 5 heteroatoms. The molecular weight excluding hydrogens is 300 g/mol. The van der Waals surface area contributed by atoms with Gasteiger partial charge in [0.2, 0.25) is 0 Å². The molecule has 0 aliphatic carbocycles. The van der Waals surface area contributed by atoms with Gasteiger partial charge in [-0.2, -0.15) is 5.10 Å². The minimum atomic E-state index is 0.0257. The lowest BCUT2D eigenvalue weighted by Gasteiger charge is -2.31. The lowest BCUT2D eigenvalue weighted by atomic mass is 9.89. The van der Waals surface area contributed by atoms with E-state index in [1.807, 2.05) is 22.7 Å². The van der Waals surface area contributed by atoms with E-state index in [0.717, 1.165) is 25.1 Å². The Hall–Kier alpha value is -2.30. The first kappa shape index (κ1) is 16.6. The number of hydrogen-bond donors (Lipinski definition) is 1. The number of urea groups is 1. The second-order valence-corrected chi connectivity index (χ2v) is 6.74. The third-order valence-corrected chi connectivity index (χ3v) is 4.79. The van der Waals surface area contributed by atoms with Crippen LogP contribution in [0.2, 0.25) is 0 Å². The van der Waals surface area contributed by atoms with Crippen molar-refractivity contribution in [2.45, 2.75) is 39.2 Å². The number of aromatic nitrogens is 2. The number of carbonyl (C=O) groups excluding carboxylic acids is 1. The number of benzene rings is 1. The Balaban J connectivity index is 1.58. The van der Waals surface area contributed by atoms with Crippen molar-refractivity contribution < 1.29 is 4.79 Å². The van der Waals surface area contributed by atoms with Crippen molar-refractivity contribution in [1.82, 2.24) is 20.0 Å². The largest absolute Gasteiger partial charge is 0.338 e. The second kappa shape index (κ2) is 7.07. The Morgan fingerprint density at radius 2 is 2.17 bits per heavy atom. The Morgan fingerprint density at radius 3 is 2.88 bits per heavy atom. The number of carbonyl (C=O) groups is 1. The summed E-state index contributed by atoms with van der Waals surface area (Å²) in [5.41, 5.74) is 5.27. The van der Waals surface area contributed by atoms with E-state index in [1.54, 1.807) is 6.20 Å². The molecule has 1 aliphatic heterocycles. The molecule has 5 nitrogen and oxygen atoms in total. The lowest BCUT2D eigenvalue weighted by molar-refractivity contribution is 0.192. The summed E-state index contributed by atoms with van der Waals surface area (Å²) in [6.07, 6.45) is 3.52. The van der Waals surface area contributed by atoms with Gasteiger partial charge in [-0.15, -0.1) is 0 Å². The molecule has 1 aromatic heterocycles. The number of nitrogens with zero attached hydrogens (tertiary/aromatic N) is 3. The quantitative estimate of drug-likeness (QED) is 0.939. The van der Waals surface area contributed by atoms with Crippen molar-refractivity contribution in [3.05, 3.63) is 52.8 Å². The maximum absolute atomic E-state index is 12.4. The van der Waals surface area contributed by atoms with Gasteiger partial charge in [0.1, 0.15) is 0 Å². The average Bonchev–Trinajstić information content (AvgIpc) is 2.98. The van der Waals surface area contributed by atoms with Crippen molar-refractivity contribution in [2.24, 2.45) is 7.05 Å². The predicted octanol–water partition coefficient (Wildman–Crippen LogP) is 2.85. The summed E-state index contributed by atoms with van der Waals surface area (Å²) in [5.74, 6) is 0.527. The van der Waals surface area contributed by atoms with Crippen LogP contribution in [-0.2, 0) is 26.4 Å². The van der Waals surface area contributed by atoms with Crippen molar-refractivity contribution in [2.75, 3.05) is 13.1 Å². The van der Waals surface area contributed by atoms with Crippen LogP contribution < -0.4 is 5.32 Å². The zero-order valence-electron chi connectivity index (χ0n) is 14.7. The minimum Gasteiger partial charge on any atom is -0.338 e. The van der Waals surface area contributed by atoms with Gasteiger partial charge in [0, 0.05) is 45.0 Å². The predicted molar refractivity (Wildman–Crippen MR) is 95.0 cm³/mol. The molecule has 128 valence electrons. The van der Waals surface area contributed by atoms with Crippen LogP contribution in [0.25, 0.3) is 0 Å². The molecule has 1 aromatic carbocycles. The van der Waals surface area contributed by atoms with Crippen LogP contribution in [-0.4, -0.2) is 33.8 Å². The standard InChI is InChI=1S/C19H26N4O/c1-14(2)17-6-4-5-15-13-23(12-9-18(15)17)19(24)20-10-7-16-8-11-21-22(16)3/h4-6,8,11,14H,7,9-10,12-13H2,1-3H3,(H,20,24). The monoisotopic (exact) mass is 326 g/mol. The molecule has 0 atom stereocenters. The van der Waals surface area contributed by atoms with Crippen LogP contribution in [0.3, 0.4) is 0 Å². The van der Waals surface area contributed by atoms with Crippen molar-refractivity contribution in [1.29, 1.82) is 0 Å². The third-order valence-electron chi connectivity index (χ3n) is 4.79. The summed E-state index contributed by atoms with van der Waals surface area (Å²) in [4.78, 5) is 14.3. The maximum Gasteiger partial charge on any atom is 0.317 e. The molecule has 1 N–H and O–H groups in total. The number of fused-ring (bicyclic) bond motifs is 1. The first-order valence-corrected chi connectivity index (χ1v) is 8.66. The SMILES string of the molecule is CC(C)c1cccc2c1CCN(C(=O)NCCc1ccnn1C)C2. The summed E-state index contributed by atoms with van der Waals surface area (Å²) in [5, 5.41) is 7.18. The van der Waals surface area contributed by atoms with E-state index in [9.17, 15) is 4.79 Å². The highest BCUT2D eigenvalue weighted by molar-refractivity contribution is 5.74. The molecule has 0 bridgehead atoms. The zero-order valence-corrected chi connectivity index (χ0v) is 14.7. The van der Waals surface area contributed by atoms with Gasteiger partial charge in [-0.1, -0.05) is 32.0 Å². The van der Waals surface area contributed by atoms with Gasteiger partial charge in [-0.25, -0.2) is 4.79 Å². The molecule has 2 aromatic rings. The van der Waals surface area contributed by atoms with E-state index in [-0.39, 0.29) is 6.03 Å². The van der Waals surface area contributed by atoms with Gasteiger partial charge in [0.15, 0.2) is 0 Å². The molecule has 0 radical (unpaired) electrons. The van der Waals surface area contributed by atoms with Crippen LogP contribution in [0.4, 0.5) is 4.79 Å². The van der Waals surface area contributed by atoms with Crippen LogP contribution >= 0.6 is 0 Å². The third kappa shape index (κ3) is 3.45. The van der Waals surface area contributed by atoms with Crippen molar-refractivity contribution in [3.8, 4) is 0 Å². The van der Waals surface area contributed by atoms with E-state index in [0.29, 0.717) is 19.0 Å². The lowest BCUT2D eigenvalue weighted by Crippen LogP contribution is -2.43. The molecule has 24 heavy (non-hydrogen) atoms. The van der Waals surface area contributed by atoms with Gasteiger partial charge in [0.25, 0.3) is 0 Å². The molecule has 0 saturated carbocycles. The fraction of sp³-hybridized carbons (Fsp3) is 0.474. The van der Waals surface area contributed by atoms with Crippen LogP contribution in [0, 0.1) is 0 Å². The Morgan fingerprint density at radius 1 is 1.33 bits per heavy atom. The van der Waals surface area contributed by atoms with Gasteiger partial charge in [0.05, 0.1) is 0 Å². The van der Waals surface area contributed by atoms with E-state index in [4.69, 9.17) is 0 Å². The molecule has 1 aliphatic rings. The number of rotatable bonds is 4. The summed E-state index contributed by atoms with van der Waals surface area (Å²) < 4.78 is 1.84. The highest BCUT2D eigenvalue weighted by atomic mass is 16.2. The van der Waals surface area contributed by atoms with E-state index >= 15 is 0 Å². The molecule has 2 amide bonds. The highest BCUT2D eigenvalue weighted by Crippen LogP contribution is 2.27. The van der Waals surface area contributed by atoms with E-state index < -0.39 is 0 Å². The maximum atomic E-state index is 12.4. The summed E-state index contributed by atoms with van der Waals surface area (Å²) in [7, 11) is 1.92. The first-order valence-electron chi connectivity index (χ1n) is 8.66. The molecule has 0 spiro atoms. The van der Waals surface area contributed by atoms with Crippen LogP contribution in [0.5, 0.6) is 0 Å². The molecule has 0 fully saturated rings. The Labute approximate surface area is 143 Å². The van der Waals surface area contributed by atoms with Gasteiger partial charge >= 0.3 is 6.03 Å². The number of hydrogen-bond acceptors (Lipinski definition) is 2. The van der Waals surface area contributed by atoms with Crippen molar-refractivity contribution >= 4 is 6.03 Å². The smallest absolute Gasteiger partial charge is 0.317 e. The average molecular weight is 326 g/mol. The summed E-state index contributed by atoms with van der Waals surface area (Å²) in [6, 6.07) is 8.48. The van der Waals surface area contributed by atoms with Gasteiger partial charge < -0.3 is 10.2 Å². The summed E-state index contributed by atoms with van der Waals surface area (Å²) >= 11 is 0. The normalized spacial score (nSPS) is 13.9. The second-order valence-electron chi connectivity index (χ2n) is 6.74. The number of nitrogens with one attached hydrogen (secondary N) is 1. The Bertz CT molecular complexity index is 720. The number of aryl methyl sites for hydroxylation is 1. The minimum absolute atomic E-state index is 0.0257. The molecule has 3 rings (SSSR count). The van der Waals surface area contributed by atoms with Gasteiger partial charge in [-0.05, 0) is 35.1 Å². The molecule has 0 unspecified atom stereocenters. The van der Waals surface area contributed by atoms with Gasteiger partial charge in [-0.3, -0.25) is 4.68 Å². The molecule has 2 heterocycles. The fourth-order valence-electron chi connectivity index (χ4n) is 3.41. The fourth-order valence-corrected chi connectivity index (χ4v) is 3.41. The van der Waals surface area contributed by atoms with Crippen LogP contribution in [0.15, 0.2) is 30.5 Å². The Kier molecular flexibility index (Phi) is 4.88. The highest BCUT2D eigenvalue weighted by Gasteiger charge is 2.22. The zero-order chi connectivity index (χ0) is 17.1. The van der Waals surface area contributed by atoms with E-state index in [1.165, 1.54) is 16.7 Å². The number of amides is 2. The molecular formula is C19H26N4O. The first-order chi connectivity index (χ1) is 11.6. The van der Waals surface area contributed by atoms with E-state index in [2.05, 4.69) is 42.5 Å². The van der Waals surface area contributed by atoms with Crippen LogP contribution in [0.1, 0.15) is 42.1 Å². The summed E-state index contributed by atoms with van der Waals surface area (Å²) in [6.45, 7) is 6.58. The topological polar surface area (TPSA) is 50.2 Å².